The molecule has 22 heavy (non-hydrogen) atoms. The average molecular weight is 338 g/mol. The summed E-state index contributed by atoms with van der Waals surface area (Å²) in [6.07, 6.45) is 1.07. The molecule has 0 unspecified atom stereocenters. The van der Waals surface area contributed by atoms with Crippen LogP contribution in [0, 0.1) is 5.92 Å². The van der Waals surface area contributed by atoms with Crippen molar-refractivity contribution >= 4 is 28.9 Å². The smallest absolute Gasteiger partial charge is 0.119 e. The van der Waals surface area contributed by atoms with Crippen molar-refractivity contribution < 1.29 is 4.74 Å². The second kappa shape index (κ2) is 8.30. The molecule has 118 valence electrons. The summed E-state index contributed by atoms with van der Waals surface area (Å²) in [5.74, 6) is 1.56. The van der Waals surface area contributed by atoms with E-state index < -0.39 is 0 Å². The van der Waals surface area contributed by atoms with Crippen molar-refractivity contribution in [1.82, 2.24) is 0 Å². The van der Waals surface area contributed by atoms with Gasteiger partial charge in [0.1, 0.15) is 5.75 Å². The topological polar surface area (TPSA) is 21.3 Å². The summed E-state index contributed by atoms with van der Waals surface area (Å²) in [5, 5.41) is 4.65. The minimum Gasteiger partial charge on any atom is -0.494 e. The van der Waals surface area contributed by atoms with Crippen LogP contribution in [0.5, 0.6) is 5.75 Å². The van der Waals surface area contributed by atoms with Crippen LogP contribution in [-0.2, 0) is 6.54 Å². The van der Waals surface area contributed by atoms with E-state index in [4.69, 9.17) is 27.9 Å². The Labute approximate surface area is 142 Å². The van der Waals surface area contributed by atoms with Crippen LogP contribution in [0.1, 0.15) is 25.8 Å². The fraction of sp³-hybridized carbons (Fsp3) is 0.333. The number of anilines is 1. The Kier molecular flexibility index (Phi) is 6.41. The van der Waals surface area contributed by atoms with Crippen molar-refractivity contribution in [1.29, 1.82) is 0 Å². The second-order valence-corrected chi connectivity index (χ2v) is 6.56. The summed E-state index contributed by atoms with van der Waals surface area (Å²) >= 11 is 12.0. The van der Waals surface area contributed by atoms with Gasteiger partial charge in [0.25, 0.3) is 0 Å². The molecular formula is C18H21Cl2NO. The van der Waals surface area contributed by atoms with E-state index in [0.29, 0.717) is 22.5 Å². The van der Waals surface area contributed by atoms with Gasteiger partial charge in [-0.25, -0.2) is 0 Å². The maximum Gasteiger partial charge on any atom is 0.119 e. The maximum atomic E-state index is 5.99. The first-order valence-corrected chi connectivity index (χ1v) is 8.20. The van der Waals surface area contributed by atoms with Crippen molar-refractivity contribution in [3.8, 4) is 5.75 Å². The Hall–Kier alpha value is -1.38. The van der Waals surface area contributed by atoms with E-state index in [1.807, 2.05) is 36.4 Å². The summed E-state index contributed by atoms with van der Waals surface area (Å²) in [4.78, 5) is 0. The molecule has 2 aromatic carbocycles. The van der Waals surface area contributed by atoms with Crippen molar-refractivity contribution in [3.05, 3.63) is 58.1 Å². The van der Waals surface area contributed by atoms with Gasteiger partial charge in [-0.1, -0.05) is 37.0 Å². The van der Waals surface area contributed by atoms with Crippen LogP contribution in [-0.4, -0.2) is 6.61 Å². The predicted octanol–water partition coefficient (Wildman–Crippen LogP) is 6.03. The summed E-state index contributed by atoms with van der Waals surface area (Å²) < 4.78 is 5.70. The van der Waals surface area contributed by atoms with Crippen LogP contribution in [0.3, 0.4) is 0 Å². The molecule has 0 radical (unpaired) electrons. The Morgan fingerprint density at radius 2 is 1.64 bits per heavy atom. The van der Waals surface area contributed by atoms with Crippen LogP contribution in [0.4, 0.5) is 5.69 Å². The molecule has 0 amide bonds. The quantitative estimate of drug-likeness (QED) is 0.665. The molecule has 0 fully saturated rings. The van der Waals surface area contributed by atoms with Crippen LogP contribution in [0.2, 0.25) is 10.0 Å². The number of halogens is 2. The van der Waals surface area contributed by atoms with Gasteiger partial charge in [-0.05, 0) is 60.4 Å². The molecule has 0 aliphatic carbocycles. The van der Waals surface area contributed by atoms with Gasteiger partial charge in [-0.15, -0.1) is 0 Å². The van der Waals surface area contributed by atoms with Crippen LogP contribution in [0.25, 0.3) is 0 Å². The lowest BCUT2D eigenvalue weighted by molar-refractivity contribution is 0.289. The molecule has 0 heterocycles. The molecule has 1 N–H and O–H groups in total. The third-order valence-electron chi connectivity index (χ3n) is 3.24. The first-order valence-electron chi connectivity index (χ1n) is 7.44. The highest BCUT2D eigenvalue weighted by Gasteiger charge is 2.00. The van der Waals surface area contributed by atoms with Crippen molar-refractivity contribution in [2.45, 2.75) is 26.8 Å². The largest absolute Gasteiger partial charge is 0.494 e. The van der Waals surface area contributed by atoms with Gasteiger partial charge in [0.15, 0.2) is 0 Å². The molecule has 0 aliphatic heterocycles. The van der Waals surface area contributed by atoms with E-state index >= 15 is 0 Å². The fourth-order valence-corrected chi connectivity index (χ4v) is 2.57. The Bertz CT molecular complexity index is 576. The minimum absolute atomic E-state index is 0.651. The molecule has 0 spiro atoms. The standard InChI is InChI=1S/C18H21Cl2NO/c1-13(2)7-8-22-18-5-3-17(4-6-18)21-12-14-9-15(19)11-16(20)10-14/h3-6,9-11,13,21H,7-8,12H2,1-2H3. The summed E-state index contributed by atoms with van der Waals surface area (Å²) in [5.41, 5.74) is 2.09. The first kappa shape index (κ1) is 17.0. The molecule has 0 aromatic heterocycles. The third-order valence-corrected chi connectivity index (χ3v) is 3.67. The zero-order valence-corrected chi connectivity index (χ0v) is 14.4. The molecule has 2 rings (SSSR count). The summed E-state index contributed by atoms with van der Waals surface area (Å²) in [7, 11) is 0. The molecule has 2 nitrogen and oxygen atoms in total. The minimum atomic E-state index is 0.651. The zero-order chi connectivity index (χ0) is 15.9. The average Bonchev–Trinajstić information content (AvgIpc) is 2.45. The van der Waals surface area contributed by atoms with Gasteiger partial charge in [-0.3, -0.25) is 0 Å². The third kappa shape index (κ3) is 5.78. The van der Waals surface area contributed by atoms with Crippen LogP contribution >= 0.6 is 23.2 Å². The highest BCUT2D eigenvalue weighted by Crippen LogP contribution is 2.21. The number of ether oxygens (including phenoxy) is 1. The lowest BCUT2D eigenvalue weighted by Crippen LogP contribution is -2.02. The van der Waals surface area contributed by atoms with E-state index in [0.717, 1.165) is 30.0 Å². The molecule has 0 bridgehead atoms. The van der Waals surface area contributed by atoms with E-state index in [2.05, 4.69) is 19.2 Å². The van der Waals surface area contributed by atoms with Gasteiger partial charge in [0.2, 0.25) is 0 Å². The van der Waals surface area contributed by atoms with E-state index in [-0.39, 0.29) is 0 Å². The number of nitrogens with one attached hydrogen (secondary N) is 1. The van der Waals surface area contributed by atoms with E-state index in [1.165, 1.54) is 0 Å². The lowest BCUT2D eigenvalue weighted by Gasteiger charge is -2.10. The van der Waals surface area contributed by atoms with Gasteiger partial charge in [-0.2, -0.15) is 0 Å². The summed E-state index contributed by atoms with van der Waals surface area (Å²) in [6.45, 7) is 5.82. The van der Waals surface area contributed by atoms with Crippen LogP contribution < -0.4 is 10.1 Å². The lowest BCUT2D eigenvalue weighted by atomic mass is 10.1. The molecular weight excluding hydrogens is 317 g/mol. The SMILES string of the molecule is CC(C)CCOc1ccc(NCc2cc(Cl)cc(Cl)c2)cc1. The molecule has 0 saturated heterocycles. The first-order chi connectivity index (χ1) is 10.5. The molecule has 0 saturated carbocycles. The fourth-order valence-electron chi connectivity index (χ4n) is 2.00. The Balaban J connectivity index is 1.85. The normalized spacial score (nSPS) is 10.8. The van der Waals surface area contributed by atoms with Gasteiger partial charge in [0.05, 0.1) is 6.61 Å². The second-order valence-electron chi connectivity index (χ2n) is 5.69. The predicted molar refractivity (Wildman–Crippen MR) is 95.2 cm³/mol. The van der Waals surface area contributed by atoms with Crippen LogP contribution in [0.15, 0.2) is 42.5 Å². The number of hydrogen-bond donors (Lipinski definition) is 1. The highest BCUT2D eigenvalue weighted by molar-refractivity contribution is 6.34. The Morgan fingerprint density at radius 1 is 1.00 bits per heavy atom. The van der Waals surface area contributed by atoms with Crippen molar-refractivity contribution in [2.75, 3.05) is 11.9 Å². The Morgan fingerprint density at radius 3 is 2.23 bits per heavy atom. The molecule has 0 aliphatic rings. The molecule has 0 atom stereocenters. The monoisotopic (exact) mass is 337 g/mol. The maximum absolute atomic E-state index is 5.99. The zero-order valence-electron chi connectivity index (χ0n) is 12.9. The van der Waals surface area contributed by atoms with Gasteiger partial charge in [0, 0.05) is 22.3 Å². The number of rotatable bonds is 7. The highest BCUT2D eigenvalue weighted by atomic mass is 35.5. The number of benzene rings is 2. The summed E-state index contributed by atoms with van der Waals surface area (Å²) in [6, 6.07) is 13.5. The van der Waals surface area contributed by atoms with E-state index in [1.54, 1.807) is 6.07 Å². The molecule has 4 heteroatoms. The van der Waals surface area contributed by atoms with E-state index in [9.17, 15) is 0 Å². The van der Waals surface area contributed by atoms with Crippen molar-refractivity contribution in [2.24, 2.45) is 5.92 Å². The van der Waals surface area contributed by atoms with Gasteiger partial charge >= 0.3 is 0 Å². The molecule has 2 aromatic rings. The van der Waals surface area contributed by atoms with Gasteiger partial charge < -0.3 is 10.1 Å². The number of hydrogen-bond acceptors (Lipinski definition) is 2. The van der Waals surface area contributed by atoms with Crippen molar-refractivity contribution in [3.63, 3.8) is 0 Å².